The van der Waals surface area contributed by atoms with Gasteiger partial charge >= 0.3 is 5.97 Å². The summed E-state index contributed by atoms with van der Waals surface area (Å²) < 4.78 is 20.8. The second kappa shape index (κ2) is 11.5. The normalized spacial score (nSPS) is 15.0. The molecule has 0 bridgehead atoms. The third-order valence-corrected chi connectivity index (χ3v) is 8.46. The molecule has 0 saturated heterocycles. The van der Waals surface area contributed by atoms with Crippen molar-refractivity contribution in [2.75, 3.05) is 20.8 Å². The molecule has 0 unspecified atom stereocenters. The van der Waals surface area contributed by atoms with E-state index in [4.69, 9.17) is 19.2 Å². The highest BCUT2D eigenvalue weighted by molar-refractivity contribution is 7.07. The van der Waals surface area contributed by atoms with E-state index in [9.17, 15) is 9.59 Å². The average molecular weight is 586 g/mol. The first-order valence-corrected chi connectivity index (χ1v) is 14.6. The monoisotopic (exact) mass is 585 g/mol. The van der Waals surface area contributed by atoms with Crippen molar-refractivity contribution in [3.63, 3.8) is 0 Å². The lowest BCUT2D eigenvalue weighted by molar-refractivity contribution is -0.139. The van der Waals surface area contributed by atoms with Crippen LogP contribution in [0.25, 0.3) is 11.8 Å². The number of fused-ring (bicyclic) bond motifs is 1. The van der Waals surface area contributed by atoms with Crippen LogP contribution in [0.15, 0.2) is 63.5 Å². The van der Waals surface area contributed by atoms with Crippen LogP contribution < -0.4 is 24.4 Å². The van der Waals surface area contributed by atoms with Gasteiger partial charge in [-0.1, -0.05) is 17.4 Å². The number of carbonyl (C=O) groups excluding carboxylic acids is 1. The van der Waals surface area contributed by atoms with E-state index in [2.05, 4.69) is 56.5 Å². The van der Waals surface area contributed by atoms with Crippen molar-refractivity contribution < 1.29 is 19.0 Å². The van der Waals surface area contributed by atoms with Crippen LogP contribution in [0.1, 0.15) is 53.5 Å². The molecule has 0 spiro atoms. The first-order chi connectivity index (χ1) is 20.1. The Kier molecular flexibility index (Phi) is 7.97. The number of hydrogen-bond donors (Lipinski definition) is 0. The van der Waals surface area contributed by atoms with Crippen LogP contribution >= 0.6 is 11.3 Å². The molecule has 0 aliphatic carbocycles. The van der Waals surface area contributed by atoms with Crippen molar-refractivity contribution in [2.45, 2.75) is 47.6 Å². The first kappa shape index (κ1) is 29.1. The fourth-order valence-corrected chi connectivity index (χ4v) is 6.72. The number of carbonyl (C=O) groups is 1. The van der Waals surface area contributed by atoms with Crippen molar-refractivity contribution >= 4 is 23.4 Å². The van der Waals surface area contributed by atoms with Gasteiger partial charge in [0.2, 0.25) is 0 Å². The van der Waals surface area contributed by atoms with Crippen molar-refractivity contribution in [1.82, 2.24) is 9.13 Å². The Morgan fingerprint density at radius 2 is 1.71 bits per heavy atom. The lowest BCUT2D eigenvalue weighted by Crippen LogP contribution is -2.40. The summed E-state index contributed by atoms with van der Waals surface area (Å²) in [6.07, 6.45) is 1.91. The van der Waals surface area contributed by atoms with E-state index in [1.165, 1.54) is 22.5 Å². The molecular weight excluding hydrogens is 550 g/mol. The number of aromatic nitrogens is 2. The Morgan fingerprint density at radius 3 is 2.36 bits per heavy atom. The predicted molar refractivity (Wildman–Crippen MR) is 165 cm³/mol. The van der Waals surface area contributed by atoms with Crippen LogP contribution in [0.3, 0.4) is 0 Å². The molecule has 2 aromatic heterocycles. The average Bonchev–Trinajstić information content (AvgIpc) is 3.40. The van der Waals surface area contributed by atoms with Gasteiger partial charge in [-0.3, -0.25) is 9.36 Å². The Balaban J connectivity index is 1.72. The highest BCUT2D eigenvalue weighted by Crippen LogP contribution is 2.37. The minimum atomic E-state index is -0.786. The van der Waals surface area contributed by atoms with Gasteiger partial charge in [-0.05, 0) is 94.6 Å². The topological polar surface area (TPSA) is 84.1 Å². The minimum Gasteiger partial charge on any atom is -0.497 e. The zero-order chi connectivity index (χ0) is 30.3. The Labute approximate surface area is 248 Å². The number of allylic oxidation sites excluding steroid dienone is 1. The molecule has 0 amide bonds. The number of methoxy groups -OCH3 is 2. The summed E-state index contributed by atoms with van der Waals surface area (Å²) in [4.78, 5) is 32.6. The SMILES string of the molecule is CCOC(=O)C1=C(C)N=c2s/c(=C/c3cc(C)n(-c4cc(C)cc(C)c4)c3C)c(=O)n2[C@@H]1c1ccc(OC)cc1OC. The Hall–Kier alpha value is -4.37. The predicted octanol–water partition coefficient (Wildman–Crippen LogP) is 4.84. The zero-order valence-electron chi connectivity index (χ0n) is 25.2. The minimum absolute atomic E-state index is 0.197. The molecule has 1 aliphatic heterocycles. The van der Waals surface area contributed by atoms with Crippen LogP contribution in [0.2, 0.25) is 0 Å². The molecule has 1 atom stereocenters. The molecule has 0 N–H and O–H groups in total. The van der Waals surface area contributed by atoms with Crippen LogP contribution in [0, 0.1) is 27.7 Å². The molecule has 3 heterocycles. The van der Waals surface area contributed by atoms with Gasteiger partial charge in [-0.15, -0.1) is 0 Å². The van der Waals surface area contributed by atoms with E-state index in [0.29, 0.717) is 37.7 Å². The molecular formula is C33H35N3O5S. The third-order valence-electron chi connectivity index (χ3n) is 7.47. The van der Waals surface area contributed by atoms with E-state index in [-0.39, 0.29) is 12.2 Å². The number of hydrogen-bond acceptors (Lipinski definition) is 7. The summed E-state index contributed by atoms with van der Waals surface area (Å²) in [7, 11) is 3.12. The van der Waals surface area contributed by atoms with Gasteiger partial charge < -0.3 is 18.8 Å². The molecule has 8 nitrogen and oxygen atoms in total. The first-order valence-electron chi connectivity index (χ1n) is 13.8. The Bertz CT molecular complexity index is 1910. The van der Waals surface area contributed by atoms with Crippen molar-refractivity contribution in [3.8, 4) is 17.2 Å². The van der Waals surface area contributed by atoms with E-state index in [1.807, 2.05) is 12.1 Å². The van der Waals surface area contributed by atoms with Gasteiger partial charge in [0.05, 0.1) is 36.6 Å². The number of nitrogens with zero attached hydrogens (tertiary/aromatic N) is 3. The van der Waals surface area contributed by atoms with Gasteiger partial charge in [-0.25, -0.2) is 9.79 Å². The van der Waals surface area contributed by atoms with Gasteiger partial charge in [0, 0.05) is 28.7 Å². The fraction of sp³-hybridized carbons (Fsp3) is 0.303. The molecule has 42 heavy (non-hydrogen) atoms. The number of thiazole rings is 1. The highest BCUT2D eigenvalue weighted by atomic mass is 32.1. The lowest BCUT2D eigenvalue weighted by Gasteiger charge is -2.26. The molecule has 0 saturated carbocycles. The molecule has 0 radical (unpaired) electrons. The molecule has 2 aromatic carbocycles. The highest BCUT2D eigenvalue weighted by Gasteiger charge is 2.35. The van der Waals surface area contributed by atoms with Crippen LogP contribution in [-0.2, 0) is 9.53 Å². The standard InChI is InChI=1S/C33H35N3O5S/c1-9-41-32(38)29-21(5)34-33-36(30(29)26-11-10-25(39-7)17-27(26)40-8)31(37)28(42-33)16-23-15-20(4)35(22(23)6)24-13-18(2)12-19(3)14-24/h10-17,30H,9H2,1-8H3/b28-16+/t30-/m1/s1. The zero-order valence-corrected chi connectivity index (χ0v) is 26.0. The van der Waals surface area contributed by atoms with Gasteiger partial charge in [-0.2, -0.15) is 0 Å². The summed E-state index contributed by atoms with van der Waals surface area (Å²) in [6, 6.07) is 13.1. The van der Waals surface area contributed by atoms with E-state index in [0.717, 1.165) is 22.6 Å². The molecule has 4 aromatic rings. The number of ether oxygens (including phenoxy) is 3. The smallest absolute Gasteiger partial charge is 0.338 e. The van der Waals surface area contributed by atoms with E-state index in [1.54, 1.807) is 44.8 Å². The lowest BCUT2D eigenvalue weighted by atomic mass is 9.95. The number of rotatable bonds is 7. The van der Waals surface area contributed by atoms with Crippen LogP contribution in [-0.4, -0.2) is 35.9 Å². The van der Waals surface area contributed by atoms with Gasteiger partial charge in [0.15, 0.2) is 4.80 Å². The summed E-state index contributed by atoms with van der Waals surface area (Å²) in [6.45, 7) is 12.0. The molecule has 5 rings (SSSR count). The second-order valence-electron chi connectivity index (χ2n) is 10.4. The summed E-state index contributed by atoms with van der Waals surface area (Å²) in [5.41, 5.74) is 7.69. The second-order valence-corrected chi connectivity index (χ2v) is 11.4. The molecule has 0 fully saturated rings. The quantitative estimate of drug-likeness (QED) is 0.290. The molecule has 1 aliphatic rings. The number of aryl methyl sites for hydroxylation is 3. The number of benzene rings is 2. The van der Waals surface area contributed by atoms with Crippen LogP contribution in [0.4, 0.5) is 0 Å². The van der Waals surface area contributed by atoms with E-state index >= 15 is 0 Å². The number of esters is 1. The maximum Gasteiger partial charge on any atom is 0.338 e. The van der Waals surface area contributed by atoms with Gasteiger partial charge in [0.25, 0.3) is 5.56 Å². The van der Waals surface area contributed by atoms with Crippen molar-refractivity contribution in [3.05, 3.63) is 107 Å². The maximum atomic E-state index is 14.2. The maximum absolute atomic E-state index is 14.2. The summed E-state index contributed by atoms with van der Waals surface area (Å²) in [5.74, 6) is 0.566. The van der Waals surface area contributed by atoms with Crippen molar-refractivity contribution in [1.29, 1.82) is 0 Å². The van der Waals surface area contributed by atoms with Crippen molar-refractivity contribution in [2.24, 2.45) is 4.99 Å². The summed E-state index contributed by atoms with van der Waals surface area (Å²) in [5, 5.41) is 0. The van der Waals surface area contributed by atoms with Gasteiger partial charge in [0.1, 0.15) is 17.5 Å². The molecule has 218 valence electrons. The summed E-state index contributed by atoms with van der Waals surface area (Å²) >= 11 is 1.30. The molecule has 9 heteroatoms. The van der Waals surface area contributed by atoms with Crippen LogP contribution in [0.5, 0.6) is 11.5 Å². The van der Waals surface area contributed by atoms with E-state index < -0.39 is 12.0 Å². The largest absolute Gasteiger partial charge is 0.497 e. The third kappa shape index (κ3) is 5.09. The Morgan fingerprint density at radius 1 is 1.00 bits per heavy atom. The fourth-order valence-electron chi connectivity index (χ4n) is 5.68.